The number of hydrogen-bond acceptors (Lipinski definition) is 3. The van der Waals surface area contributed by atoms with Gasteiger partial charge in [0.25, 0.3) is 0 Å². The molecule has 0 aromatic heterocycles. The third-order valence-electron chi connectivity index (χ3n) is 2.99. The van der Waals surface area contributed by atoms with Gasteiger partial charge in [0.1, 0.15) is 12.1 Å². The second kappa shape index (κ2) is 5.74. The largest absolute Gasteiger partial charge is 0.373 e. The SMILES string of the molecule is N#Cc1c(Cl)cccc1N[C@@H]1CCCCNC1=O. The average molecular weight is 264 g/mol. The van der Waals surface area contributed by atoms with Crippen LogP contribution in [0.5, 0.6) is 0 Å². The van der Waals surface area contributed by atoms with Gasteiger partial charge < -0.3 is 10.6 Å². The third-order valence-corrected chi connectivity index (χ3v) is 3.31. The van der Waals surface area contributed by atoms with Crippen LogP contribution in [0.2, 0.25) is 5.02 Å². The lowest BCUT2D eigenvalue weighted by atomic mass is 10.1. The summed E-state index contributed by atoms with van der Waals surface area (Å²) >= 11 is 5.95. The van der Waals surface area contributed by atoms with Gasteiger partial charge in [0, 0.05) is 6.54 Å². The lowest BCUT2D eigenvalue weighted by molar-refractivity contribution is -0.121. The Balaban J connectivity index is 2.20. The number of rotatable bonds is 2. The van der Waals surface area contributed by atoms with E-state index in [0.29, 0.717) is 16.3 Å². The van der Waals surface area contributed by atoms with E-state index in [-0.39, 0.29) is 11.9 Å². The maximum atomic E-state index is 11.8. The zero-order valence-electron chi connectivity index (χ0n) is 9.87. The van der Waals surface area contributed by atoms with Gasteiger partial charge in [-0.1, -0.05) is 17.7 Å². The van der Waals surface area contributed by atoms with Crippen LogP contribution in [0.3, 0.4) is 0 Å². The molecule has 18 heavy (non-hydrogen) atoms. The molecule has 0 aliphatic carbocycles. The molecule has 1 aromatic rings. The first-order valence-electron chi connectivity index (χ1n) is 5.95. The van der Waals surface area contributed by atoms with Crippen LogP contribution < -0.4 is 10.6 Å². The zero-order chi connectivity index (χ0) is 13.0. The van der Waals surface area contributed by atoms with Crippen LogP contribution in [-0.2, 0) is 4.79 Å². The summed E-state index contributed by atoms with van der Waals surface area (Å²) in [7, 11) is 0. The highest BCUT2D eigenvalue weighted by atomic mass is 35.5. The molecule has 1 fully saturated rings. The van der Waals surface area contributed by atoms with E-state index in [2.05, 4.69) is 16.7 Å². The Labute approximate surface area is 111 Å². The molecule has 1 aliphatic heterocycles. The Morgan fingerprint density at radius 3 is 3.06 bits per heavy atom. The molecular weight excluding hydrogens is 250 g/mol. The fourth-order valence-corrected chi connectivity index (χ4v) is 2.24. The second-order valence-electron chi connectivity index (χ2n) is 4.26. The van der Waals surface area contributed by atoms with Crippen molar-refractivity contribution >= 4 is 23.2 Å². The van der Waals surface area contributed by atoms with Gasteiger partial charge >= 0.3 is 0 Å². The molecule has 1 aliphatic rings. The Kier molecular flexibility index (Phi) is 4.06. The van der Waals surface area contributed by atoms with Crippen molar-refractivity contribution in [2.24, 2.45) is 0 Å². The molecular formula is C13H14ClN3O. The van der Waals surface area contributed by atoms with E-state index in [0.717, 1.165) is 25.8 Å². The van der Waals surface area contributed by atoms with Gasteiger partial charge in [-0.15, -0.1) is 0 Å². The highest BCUT2D eigenvalue weighted by Gasteiger charge is 2.21. The number of benzene rings is 1. The molecule has 1 heterocycles. The lowest BCUT2D eigenvalue weighted by Gasteiger charge is -2.17. The monoisotopic (exact) mass is 263 g/mol. The van der Waals surface area contributed by atoms with Crippen molar-refractivity contribution in [1.29, 1.82) is 5.26 Å². The minimum atomic E-state index is -0.293. The maximum absolute atomic E-state index is 11.8. The molecule has 0 bridgehead atoms. The van der Waals surface area contributed by atoms with Crippen LogP contribution >= 0.6 is 11.6 Å². The highest BCUT2D eigenvalue weighted by Crippen LogP contribution is 2.24. The second-order valence-corrected chi connectivity index (χ2v) is 4.67. The van der Waals surface area contributed by atoms with Crippen LogP contribution in [-0.4, -0.2) is 18.5 Å². The van der Waals surface area contributed by atoms with Crippen LogP contribution in [0, 0.1) is 11.3 Å². The van der Waals surface area contributed by atoms with E-state index in [1.807, 2.05) is 0 Å². The number of halogens is 1. The first kappa shape index (κ1) is 12.7. The first-order chi connectivity index (χ1) is 8.72. The third kappa shape index (κ3) is 2.74. The summed E-state index contributed by atoms with van der Waals surface area (Å²) < 4.78 is 0. The zero-order valence-corrected chi connectivity index (χ0v) is 10.6. The fraction of sp³-hybridized carbons (Fsp3) is 0.385. The van der Waals surface area contributed by atoms with Gasteiger partial charge in [0.05, 0.1) is 16.3 Å². The molecule has 2 N–H and O–H groups in total. The molecule has 0 radical (unpaired) electrons. The van der Waals surface area contributed by atoms with E-state index in [1.54, 1.807) is 18.2 Å². The van der Waals surface area contributed by atoms with Gasteiger partial charge in [0.2, 0.25) is 5.91 Å². The van der Waals surface area contributed by atoms with E-state index >= 15 is 0 Å². The predicted octanol–water partition coefficient (Wildman–Crippen LogP) is 2.29. The Bertz CT molecular complexity index is 495. The smallest absolute Gasteiger partial charge is 0.242 e. The van der Waals surface area contributed by atoms with Crippen molar-refractivity contribution < 1.29 is 4.79 Å². The molecule has 1 atom stereocenters. The number of hydrogen-bond donors (Lipinski definition) is 2. The molecule has 0 unspecified atom stereocenters. The number of amides is 1. The van der Waals surface area contributed by atoms with Gasteiger partial charge in [-0.2, -0.15) is 5.26 Å². The highest BCUT2D eigenvalue weighted by molar-refractivity contribution is 6.32. The number of nitrogens with one attached hydrogen (secondary N) is 2. The number of carbonyl (C=O) groups is 1. The molecule has 4 nitrogen and oxygen atoms in total. The number of anilines is 1. The quantitative estimate of drug-likeness (QED) is 0.860. The number of nitriles is 1. The van der Waals surface area contributed by atoms with Crippen molar-refractivity contribution in [2.45, 2.75) is 25.3 Å². The molecule has 0 saturated carbocycles. The molecule has 94 valence electrons. The van der Waals surface area contributed by atoms with E-state index in [4.69, 9.17) is 16.9 Å². The summed E-state index contributed by atoms with van der Waals surface area (Å²) in [5, 5.41) is 15.4. The summed E-state index contributed by atoms with van der Waals surface area (Å²) in [4.78, 5) is 11.8. The number of nitrogens with zero attached hydrogens (tertiary/aromatic N) is 1. The minimum absolute atomic E-state index is 0.0173. The van der Waals surface area contributed by atoms with Gasteiger partial charge in [-0.3, -0.25) is 4.79 Å². The Hall–Kier alpha value is -1.73. The topological polar surface area (TPSA) is 64.9 Å². The lowest BCUT2D eigenvalue weighted by Crippen LogP contribution is -2.38. The van der Waals surface area contributed by atoms with Crippen molar-refractivity contribution in [3.05, 3.63) is 28.8 Å². The van der Waals surface area contributed by atoms with Crippen LogP contribution in [0.1, 0.15) is 24.8 Å². The Morgan fingerprint density at radius 2 is 2.28 bits per heavy atom. The van der Waals surface area contributed by atoms with E-state index in [1.165, 1.54) is 0 Å². The van der Waals surface area contributed by atoms with E-state index in [9.17, 15) is 4.79 Å². The summed E-state index contributed by atoms with van der Waals surface area (Å²) in [5.41, 5.74) is 1.00. The maximum Gasteiger partial charge on any atom is 0.242 e. The average Bonchev–Trinajstić information content (AvgIpc) is 2.55. The molecule has 0 spiro atoms. The van der Waals surface area contributed by atoms with Crippen LogP contribution in [0.15, 0.2) is 18.2 Å². The van der Waals surface area contributed by atoms with Crippen LogP contribution in [0.25, 0.3) is 0 Å². The summed E-state index contributed by atoms with van der Waals surface area (Å²) in [5.74, 6) is -0.0173. The summed E-state index contributed by atoms with van der Waals surface area (Å²) in [6, 6.07) is 6.96. The summed E-state index contributed by atoms with van der Waals surface area (Å²) in [6.07, 6.45) is 2.74. The molecule has 1 aromatic carbocycles. The standard InChI is InChI=1S/C13H14ClN3O/c14-10-4-3-6-11(9(10)8-15)17-12-5-1-2-7-16-13(12)18/h3-4,6,12,17H,1-2,5,7H2,(H,16,18)/t12-/m1/s1. The Morgan fingerprint density at radius 1 is 1.44 bits per heavy atom. The minimum Gasteiger partial charge on any atom is -0.373 e. The van der Waals surface area contributed by atoms with Crippen molar-refractivity contribution in [3.8, 4) is 6.07 Å². The van der Waals surface area contributed by atoms with Gasteiger partial charge in [-0.05, 0) is 31.4 Å². The normalized spacial score (nSPS) is 19.6. The molecule has 1 saturated heterocycles. The molecule has 1 amide bonds. The van der Waals surface area contributed by atoms with Crippen molar-refractivity contribution in [1.82, 2.24) is 5.32 Å². The predicted molar refractivity (Wildman–Crippen MR) is 70.4 cm³/mol. The molecule has 2 rings (SSSR count). The van der Waals surface area contributed by atoms with Gasteiger partial charge in [-0.25, -0.2) is 0 Å². The van der Waals surface area contributed by atoms with Gasteiger partial charge in [0.15, 0.2) is 0 Å². The first-order valence-corrected chi connectivity index (χ1v) is 6.33. The molecule has 5 heteroatoms. The van der Waals surface area contributed by atoms with Crippen LogP contribution in [0.4, 0.5) is 5.69 Å². The van der Waals surface area contributed by atoms with Crippen molar-refractivity contribution in [3.63, 3.8) is 0 Å². The number of carbonyl (C=O) groups excluding carboxylic acids is 1. The summed E-state index contributed by atoms with van der Waals surface area (Å²) in [6.45, 7) is 0.720. The fourth-order valence-electron chi connectivity index (χ4n) is 2.02. The van der Waals surface area contributed by atoms with E-state index < -0.39 is 0 Å². The van der Waals surface area contributed by atoms with Crippen molar-refractivity contribution in [2.75, 3.05) is 11.9 Å².